The first kappa shape index (κ1) is 16.9. The molecule has 0 radical (unpaired) electrons. The smallest absolute Gasteiger partial charge is 0.221 e. The van der Waals surface area contributed by atoms with Crippen LogP contribution in [0.5, 0.6) is 0 Å². The fourth-order valence-corrected chi connectivity index (χ4v) is 3.85. The highest BCUT2D eigenvalue weighted by molar-refractivity contribution is 7.89. The quantitative estimate of drug-likeness (QED) is 0.742. The molecule has 0 unspecified atom stereocenters. The van der Waals surface area contributed by atoms with E-state index in [9.17, 15) is 13.2 Å². The molecular weight excluding hydrogens is 304 g/mol. The topological polar surface area (TPSA) is 75.7 Å². The van der Waals surface area contributed by atoms with Crippen molar-refractivity contribution in [1.82, 2.24) is 9.62 Å². The van der Waals surface area contributed by atoms with E-state index in [1.54, 1.807) is 7.11 Å². The van der Waals surface area contributed by atoms with Crippen LogP contribution in [0.2, 0.25) is 0 Å². The third-order valence-corrected chi connectivity index (χ3v) is 5.52. The predicted molar refractivity (Wildman–Crippen MR) is 83.8 cm³/mol. The normalized spacial score (nSPS) is 15.3. The molecule has 1 heterocycles. The van der Waals surface area contributed by atoms with Gasteiger partial charge in [0.25, 0.3) is 0 Å². The number of nitrogens with one attached hydrogen (secondary N) is 1. The number of methoxy groups -OCH3 is 1. The zero-order valence-electron chi connectivity index (χ0n) is 12.7. The zero-order valence-corrected chi connectivity index (χ0v) is 13.6. The third kappa shape index (κ3) is 4.53. The Kier molecular flexibility index (Phi) is 5.93. The number of amides is 1. The highest BCUT2D eigenvalue weighted by Crippen LogP contribution is 2.21. The van der Waals surface area contributed by atoms with Crippen molar-refractivity contribution in [2.45, 2.75) is 19.4 Å². The summed E-state index contributed by atoms with van der Waals surface area (Å²) in [6.45, 7) is 1.68. The van der Waals surface area contributed by atoms with Crippen molar-refractivity contribution in [3.05, 3.63) is 35.4 Å². The first-order chi connectivity index (χ1) is 10.5. The van der Waals surface area contributed by atoms with Gasteiger partial charge >= 0.3 is 0 Å². The molecule has 2 rings (SSSR count). The number of ether oxygens (including phenoxy) is 1. The Morgan fingerprint density at radius 3 is 2.77 bits per heavy atom. The summed E-state index contributed by atoms with van der Waals surface area (Å²) in [4.78, 5) is 11.6. The van der Waals surface area contributed by atoms with Crippen LogP contribution in [0.1, 0.15) is 17.5 Å². The number of benzene rings is 1. The van der Waals surface area contributed by atoms with Gasteiger partial charge in [0.2, 0.25) is 15.9 Å². The van der Waals surface area contributed by atoms with Crippen LogP contribution in [0.15, 0.2) is 24.3 Å². The van der Waals surface area contributed by atoms with Gasteiger partial charge in [-0.25, -0.2) is 8.42 Å². The number of carbonyl (C=O) groups excluding carboxylic acids is 1. The summed E-state index contributed by atoms with van der Waals surface area (Å²) in [5.74, 6) is -0.424. The molecular formula is C15H22N2O4S. The largest absolute Gasteiger partial charge is 0.383 e. The van der Waals surface area contributed by atoms with E-state index in [-0.39, 0.29) is 18.1 Å². The molecule has 0 saturated heterocycles. The van der Waals surface area contributed by atoms with E-state index in [0.717, 1.165) is 12.0 Å². The van der Waals surface area contributed by atoms with Gasteiger partial charge in [0.1, 0.15) is 0 Å². The first-order valence-corrected chi connectivity index (χ1v) is 8.94. The lowest BCUT2D eigenvalue weighted by Gasteiger charge is -2.28. The fraction of sp³-hybridized carbons (Fsp3) is 0.533. The van der Waals surface area contributed by atoms with Crippen LogP contribution in [0.3, 0.4) is 0 Å². The summed E-state index contributed by atoms with van der Waals surface area (Å²) in [6, 6.07) is 7.86. The van der Waals surface area contributed by atoms with Crippen molar-refractivity contribution in [1.29, 1.82) is 0 Å². The molecule has 22 heavy (non-hydrogen) atoms. The Bertz CT molecular complexity index is 616. The molecule has 1 aromatic carbocycles. The number of hydrogen-bond donors (Lipinski definition) is 1. The summed E-state index contributed by atoms with van der Waals surface area (Å²) in [7, 11) is -1.86. The fourth-order valence-electron chi connectivity index (χ4n) is 2.44. The Balaban J connectivity index is 1.88. The van der Waals surface area contributed by atoms with E-state index in [4.69, 9.17) is 4.74 Å². The predicted octanol–water partition coefficient (Wildman–Crippen LogP) is 0.527. The Morgan fingerprint density at radius 2 is 2.05 bits per heavy atom. The van der Waals surface area contributed by atoms with Crippen molar-refractivity contribution in [3.63, 3.8) is 0 Å². The van der Waals surface area contributed by atoms with E-state index in [0.29, 0.717) is 26.2 Å². The average molecular weight is 326 g/mol. The highest BCUT2D eigenvalue weighted by Gasteiger charge is 2.26. The maximum absolute atomic E-state index is 12.4. The van der Waals surface area contributed by atoms with Crippen molar-refractivity contribution in [2.24, 2.45) is 0 Å². The third-order valence-electron chi connectivity index (χ3n) is 3.70. The standard InChI is InChI=1S/C15H22N2O4S/c1-21-10-8-16-15(18)7-11-22(19,20)17-9-6-13-4-2-3-5-14(13)12-17/h2-5H,6-12H2,1H3,(H,16,18). The van der Waals surface area contributed by atoms with Gasteiger partial charge in [0.05, 0.1) is 12.4 Å². The van der Waals surface area contributed by atoms with Crippen LogP contribution in [0, 0.1) is 0 Å². The van der Waals surface area contributed by atoms with Crippen LogP contribution >= 0.6 is 0 Å². The molecule has 7 heteroatoms. The SMILES string of the molecule is COCCNC(=O)CCS(=O)(=O)N1CCc2ccccc2C1. The second-order valence-corrected chi connectivity index (χ2v) is 7.35. The number of carbonyl (C=O) groups is 1. The lowest BCUT2D eigenvalue weighted by atomic mass is 10.0. The zero-order chi connectivity index (χ0) is 16.0. The molecule has 1 amide bonds. The lowest BCUT2D eigenvalue weighted by molar-refractivity contribution is -0.120. The number of sulfonamides is 1. The molecule has 1 N–H and O–H groups in total. The summed E-state index contributed by atoms with van der Waals surface area (Å²) < 4.78 is 31.0. The summed E-state index contributed by atoms with van der Waals surface area (Å²) in [6.07, 6.45) is 0.694. The Labute approximate surface area is 131 Å². The van der Waals surface area contributed by atoms with E-state index < -0.39 is 10.0 Å². The molecule has 0 aromatic heterocycles. The minimum Gasteiger partial charge on any atom is -0.383 e. The molecule has 1 aliphatic heterocycles. The molecule has 0 saturated carbocycles. The van der Waals surface area contributed by atoms with Crippen molar-refractivity contribution in [2.75, 3.05) is 32.6 Å². The maximum Gasteiger partial charge on any atom is 0.221 e. The van der Waals surface area contributed by atoms with Crippen LogP contribution < -0.4 is 5.32 Å². The van der Waals surface area contributed by atoms with Gasteiger partial charge in [-0.15, -0.1) is 0 Å². The summed E-state index contributed by atoms with van der Waals surface area (Å²) in [5.41, 5.74) is 2.24. The Morgan fingerprint density at radius 1 is 1.32 bits per heavy atom. The number of nitrogens with zero attached hydrogens (tertiary/aromatic N) is 1. The second kappa shape index (κ2) is 7.71. The van der Waals surface area contributed by atoms with Crippen LogP contribution in [0.4, 0.5) is 0 Å². The van der Waals surface area contributed by atoms with E-state index in [2.05, 4.69) is 5.32 Å². The molecule has 0 atom stereocenters. The molecule has 122 valence electrons. The molecule has 0 bridgehead atoms. The van der Waals surface area contributed by atoms with Crippen molar-refractivity contribution >= 4 is 15.9 Å². The molecule has 0 aliphatic carbocycles. The second-order valence-electron chi connectivity index (χ2n) is 5.26. The van der Waals surface area contributed by atoms with E-state index >= 15 is 0 Å². The first-order valence-electron chi connectivity index (χ1n) is 7.33. The van der Waals surface area contributed by atoms with Gasteiger partial charge in [-0.05, 0) is 17.5 Å². The molecule has 0 spiro atoms. The van der Waals surface area contributed by atoms with Gasteiger partial charge in [-0.1, -0.05) is 24.3 Å². The van der Waals surface area contributed by atoms with Crippen LogP contribution in [-0.4, -0.2) is 51.2 Å². The van der Waals surface area contributed by atoms with Gasteiger partial charge in [0.15, 0.2) is 0 Å². The van der Waals surface area contributed by atoms with Gasteiger partial charge in [0, 0.05) is 33.2 Å². The van der Waals surface area contributed by atoms with E-state index in [1.165, 1.54) is 9.87 Å². The van der Waals surface area contributed by atoms with Crippen molar-refractivity contribution in [3.8, 4) is 0 Å². The van der Waals surface area contributed by atoms with E-state index in [1.807, 2.05) is 24.3 Å². The number of rotatable bonds is 7. The van der Waals surface area contributed by atoms with Gasteiger partial charge in [-0.3, -0.25) is 4.79 Å². The number of hydrogen-bond acceptors (Lipinski definition) is 4. The lowest BCUT2D eigenvalue weighted by Crippen LogP contribution is -2.38. The minimum absolute atomic E-state index is 0.0236. The molecule has 6 nitrogen and oxygen atoms in total. The summed E-state index contributed by atoms with van der Waals surface area (Å²) >= 11 is 0. The average Bonchev–Trinajstić information content (AvgIpc) is 2.53. The number of fused-ring (bicyclic) bond motifs is 1. The molecule has 0 fully saturated rings. The van der Waals surface area contributed by atoms with Crippen LogP contribution in [-0.2, 0) is 32.5 Å². The monoisotopic (exact) mass is 326 g/mol. The van der Waals surface area contributed by atoms with Crippen molar-refractivity contribution < 1.29 is 17.9 Å². The van der Waals surface area contributed by atoms with Gasteiger partial charge < -0.3 is 10.1 Å². The molecule has 1 aromatic rings. The Hall–Kier alpha value is -1.44. The highest BCUT2D eigenvalue weighted by atomic mass is 32.2. The van der Waals surface area contributed by atoms with Crippen LogP contribution in [0.25, 0.3) is 0 Å². The minimum atomic E-state index is -3.41. The maximum atomic E-state index is 12.4. The van der Waals surface area contributed by atoms with Gasteiger partial charge in [-0.2, -0.15) is 4.31 Å². The summed E-state index contributed by atoms with van der Waals surface area (Å²) in [5, 5.41) is 2.63. The molecule has 1 aliphatic rings.